The van der Waals surface area contributed by atoms with E-state index in [0.717, 1.165) is 43.8 Å². The summed E-state index contributed by atoms with van der Waals surface area (Å²) < 4.78 is 5.38. The Balaban J connectivity index is 1.30. The van der Waals surface area contributed by atoms with Gasteiger partial charge in [-0.05, 0) is 61.3 Å². The number of carbonyl (C=O) groups excluding carboxylic acids is 1. The van der Waals surface area contributed by atoms with Crippen LogP contribution in [-0.2, 0) is 9.53 Å². The number of morpholine rings is 1. The van der Waals surface area contributed by atoms with Gasteiger partial charge in [-0.1, -0.05) is 6.42 Å². The SMILES string of the molecule is O=C(C[C@H]1C[C@H]2CC[C@@H]1C2)Nc1ccc(N2CCOCC2)cc1. The molecule has 2 aliphatic carbocycles. The molecule has 1 saturated heterocycles. The van der Waals surface area contributed by atoms with Crippen molar-refractivity contribution in [2.45, 2.75) is 32.1 Å². The van der Waals surface area contributed by atoms with Crippen LogP contribution >= 0.6 is 0 Å². The van der Waals surface area contributed by atoms with Gasteiger partial charge in [-0.15, -0.1) is 0 Å². The lowest BCUT2D eigenvalue weighted by Gasteiger charge is -2.29. The molecule has 2 saturated carbocycles. The van der Waals surface area contributed by atoms with Crippen molar-refractivity contribution in [1.82, 2.24) is 0 Å². The highest BCUT2D eigenvalue weighted by Crippen LogP contribution is 2.49. The van der Waals surface area contributed by atoms with Gasteiger partial charge in [0.15, 0.2) is 0 Å². The summed E-state index contributed by atoms with van der Waals surface area (Å²) in [5.41, 5.74) is 2.12. The average molecular weight is 314 g/mol. The number of hydrogen-bond acceptors (Lipinski definition) is 3. The summed E-state index contributed by atoms with van der Waals surface area (Å²) in [6.45, 7) is 3.47. The summed E-state index contributed by atoms with van der Waals surface area (Å²) in [6.07, 6.45) is 6.08. The molecule has 23 heavy (non-hydrogen) atoms. The second-order valence-corrected chi connectivity index (χ2v) is 7.33. The molecule has 4 rings (SSSR count). The van der Waals surface area contributed by atoms with Crippen LogP contribution in [0.15, 0.2) is 24.3 Å². The minimum Gasteiger partial charge on any atom is -0.378 e. The van der Waals surface area contributed by atoms with E-state index in [4.69, 9.17) is 4.74 Å². The maximum absolute atomic E-state index is 12.3. The zero-order valence-electron chi connectivity index (χ0n) is 13.7. The number of nitrogens with one attached hydrogen (secondary N) is 1. The van der Waals surface area contributed by atoms with Crippen LogP contribution in [0.4, 0.5) is 11.4 Å². The molecule has 1 aliphatic heterocycles. The highest BCUT2D eigenvalue weighted by molar-refractivity contribution is 5.91. The molecule has 1 heterocycles. The normalized spacial score (nSPS) is 29.7. The highest BCUT2D eigenvalue weighted by atomic mass is 16.5. The van der Waals surface area contributed by atoms with Gasteiger partial charge in [0.05, 0.1) is 13.2 Å². The molecule has 2 bridgehead atoms. The van der Waals surface area contributed by atoms with Gasteiger partial charge < -0.3 is 15.0 Å². The van der Waals surface area contributed by atoms with E-state index in [1.54, 1.807) is 0 Å². The Labute approximate surface area is 138 Å². The number of carbonyl (C=O) groups is 1. The number of rotatable bonds is 4. The van der Waals surface area contributed by atoms with Crippen molar-refractivity contribution in [2.24, 2.45) is 17.8 Å². The second kappa shape index (κ2) is 6.52. The first-order valence-electron chi connectivity index (χ1n) is 9.00. The fraction of sp³-hybridized carbons (Fsp3) is 0.632. The van der Waals surface area contributed by atoms with Gasteiger partial charge in [0.25, 0.3) is 0 Å². The van der Waals surface area contributed by atoms with Crippen molar-refractivity contribution in [3.63, 3.8) is 0 Å². The van der Waals surface area contributed by atoms with E-state index >= 15 is 0 Å². The van der Waals surface area contributed by atoms with Crippen molar-refractivity contribution in [2.75, 3.05) is 36.5 Å². The molecule has 0 unspecified atom stereocenters. The molecule has 1 aromatic rings. The van der Waals surface area contributed by atoms with Crippen molar-refractivity contribution >= 4 is 17.3 Å². The van der Waals surface area contributed by atoms with Crippen LogP contribution in [0.1, 0.15) is 32.1 Å². The van der Waals surface area contributed by atoms with E-state index in [0.29, 0.717) is 12.3 Å². The Hall–Kier alpha value is -1.55. The van der Waals surface area contributed by atoms with Gasteiger partial charge >= 0.3 is 0 Å². The summed E-state index contributed by atoms with van der Waals surface area (Å²) in [7, 11) is 0. The lowest BCUT2D eigenvalue weighted by molar-refractivity contribution is -0.117. The average Bonchev–Trinajstić information content (AvgIpc) is 3.19. The predicted octanol–water partition coefficient (Wildman–Crippen LogP) is 3.29. The molecule has 3 aliphatic rings. The third-order valence-electron chi connectivity index (χ3n) is 5.86. The van der Waals surface area contributed by atoms with Gasteiger partial charge in [-0.2, -0.15) is 0 Å². The van der Waals surface area contributed by atoms with Gasteiger partial charge in [-0.25, -0.2) is 0 Å². The number of fused-ring (bicyclic) bond motifs is 2. The molecule has 3 fully saturated rings. The summed E-state index contributed by atoms with van der Waals surface area (Å²) in [5, 5.41) is 3.08. The van der Waals surface area contributed by atoms with Crippen molar-refractivity contribution < 1.29 is 9.53 Å². The first-order chi connectivity index (χ1) is 11.3. The maximum atomic E-state index is 12.3. The van der Waals surface area contributed by atoms with Crippen LogP contribution in [-0.4, -0.2) is 32.2 Å². The first kappa shape index (κ1) is 15.0. The molecular weight excluding hydrogens is 288 g/mol. The first-order valence-corrected chi connectivity index (χ1v) is 9.00. The summed E-state index contributed by atoms with van der Waals surface area (Å²) in [4.78, 5) is 14.6. The van der Waals surface area contributed by atoms with Gasteiger partial charge in [0.1, 0.15) is 0 Å². The zero-order chi connectivity index (χ0) is 15.6. The van der Waals surface area contributed by atoms with Crippen molar-refractivity contribution in [3.05, 3.63) is 24.3 Å². The fourth-order valence-corrected chi connectivity index (χ4v) is 4.65. The zero-order valence-corrected chi connectivity index (χ0v) is 13.7. The largest absolute Gasteiger partial charge is 0.378 e. The summed E-state index contributed by atoms with van der Waals surface area (Å²) in [6, 6.07) is 8.23. The van der Waals surface area contributed by atoms with Crippen LogP contribution < -0.4 is 10.2 Å². The van der Waals surface area contributed by atoms with Crippen molar-refractivity contribution in [1.29, 1.82) is 0 Å². The smallest absolute Gasteiger partial charge is 0.224 e. The molecule has 0 spiro atoms. The van der Waals surface area contributed by atoms with E-state index in [1.165, 1.54) is 31.4 Å². The number of hydrogen-bond donors (Lipinski definition) is 1. The van der Waals surface area contributed by atoms with E-state index in [9.17, 15) is 4.79 Å². The number of benzene rings is 1. The Morgan fingerprint density at radius 1 is 1.13 bits per heavy atom. The van der Waals surface area contributed by atoms with E-state index in [2.05, 4.69) is 22.3 Å². The molecule has 3 atom stereocenters. The number of ether oxygens (including phenoxy) is 1. The van der Waals surface area contributed by atoms with Crippen molar-refractivity contribution in [3.8, 4) is 0 Å². The molecule has 1 amide bonds. The van der Waals surface area contributed by atoms with Crippen LogP contribution in [0.5, 0.6) is 0 Å². The molecule has 0 aromatic heterocycles. The number of anilines is 2. The third kappa shape index (κ3) is 3.37. The third-order valence-corrected chi connectivity index (χ3v) is 5.86. The van der Waals surface area contributed by atoms with E-state index < -0.39 is 0 Å². The van der Waals surface area contributed by atoms with E-state index in [-0.39, 0.29) is 5.91 Å². The summed E-state index contributed by atoms with van der Waals surface area (Å²) in [5.74, 6) is 2.53. The Bertz CT molecular complexity index is 551. The van der Waals surface area contributed by atoms with Crippen LogP contribution in [0, 0.1) is 17.8 Å². The van der Waals surface area contributed by atoms with Gasteiger partial charge in [-0.3, -0.25) is 4.79 Å². The molecule has 0 radical (unpaired) electrons. The van der Waals surface area contributed by atoms with Crippen LogP contribution in [0.2, 0.25) is 0 Å². The predicted molar refractivity (Wildman–Crippen MR) is 91.7 cm³/mol. The highest BCUT2D eigenvalue weighted by Gasteiger charge is 2.40. The monoisotopic (exact) mass is 314 g/mol. The molecule has 124 valence electrons. The standard InChI is InChI=1S/C19H26N2O2/c22-19(13-16-12-14-1-2-15(16)11-14)20-17-3-5-18(6-4-17)21-7-9-23-10-8-21/h3-6,14-16H,1-2,7-13H2,(H,20,22)/t14-,15+,16+/m0/s1. The Kier molecular flexibility index (Phi) is 4.25. The number of amides is 1. The molecule has 1 aromatic carbocycles. The molecular formula is C19H26N2O2. The molecule has 4 heteroatoms. The minimum absolute atomic E-state index is 0.182. The lowest BCUT2D eigenvalue weighted by atomic mass is 9.86. The van der Waals surface area contributed by atoms with E-state index in [1.807, 2.05) is 12.1 Å². The number of nitrogens with zero attached hydrogens (tertiary/aromatic N) is 1. The second-order valence-electron chi connectivity index (χ2n) is 7.33. The summed E-state index contributed by atoms with van der Waals surface area (Å²) >= 11 is 0. The Morgan fingerprint density at radius 2 is 1.91 bits per heavy atom. The van der Waals surface area contributed by atoms with Gasteiger partial charge in [0, 0.05) is 30.9 Å². The lowest BCUT2D eigenvalue weighted by Crippen LogP contribution is -2.36. The molecule has 4 nitrogen and oxygen atoms in total. The minimum atomic E-state index is 0.182. The topological polar surface area (TPSA) is 41.6 Å². The fourth-order valence-electron chi connectivity index (χ4n) is 4.65. The van der Waals surface area contributed by atoms with Crippen LogP contribution in [0.25, 0.3) is 0 Å². The van der Waals surface area contributed by atoms with Crippen LogP contribution in [0.3, 0.4) is 0 Å². The maximum Gasteiger partial charge on any atom is 0.224 e. The van der Waals surface area contributed by atoms with Gasteiger partial charge in [0.2, 0.25) is 5.91 Å². The quantitative estimate of drug-likeness (QED) is 0.927. The molecule has 1 N–H and O–H groups in total. The Morgan fingerprint density at radius 3 is 2.57 bits per heavy atom.